The average molecular weight is 387 g/mol. The molecule has 0 atom stereocenters. The first-order valence-corrected chi connectivity index (χ1v) is 10.7. The van der Waals surface area contributed by atoms with Gasteiger partial charge in [0.05, 0.1) is 0 Å². The number of aromatic nitrogens is 1. The van der Waals surface area contributed by atoms with Crippen molar-refractivity contribution < 1.29 is 4.79 Å². The summed E-state index contributed by atoms with van der Waals surface area (Å²) in [6.45, 7) is 9.24. The highest BCUT2D eigenvalue weighted by Gasteiger charge is 2.20. The highest BCUT2D eigenvalue weighted by atomic mass is 16.2. The molecule has 0 aromatic carbocycles. The van der Waals surface area contributed by atoms with E-state index < -0.39 is 0 Å². The van der Waals surface area contributed by atoms with E-state index in [9.17, 15) is 4.79 Å². The van der Waals surface area contributed by atoms with Crippen molar-refractivity contribution in [1.29, 1.82) is 0 Å². The summed E-state index contributed by atoms with van der Waals surface area (Å²) in [5.41, 5.74) is 0. The van der Waals surface area contributed by atoms with Crippen molar-refractivity contribution in [3.8, 4) is 0 Å². The molecule has 1 amide bonds. The standard InChI is InChI=1S/C21H34N6O/c1-2-22-21(24-12-8-14-26-13-7-3-4-10-20(26)28)27-17-15-25(16-18-27)19-9-5-6-11-23-19/h5-6,9,11H,2-4,7-8,10,12-18H2,1H3,(H,22,24). The molecule has 1 aromatic heterocycles. The molecule has 3 heterocycles. The van der Waals surface area contributed by atoms with Gasteiger partial charge in [-0.15, -0.1) is 0 Å². The maximum Gasteiger partial charge on any atom is 0.222 e. The molecule has 0 saturated carbocycles. The number of pyridine rings is 1. The van der Waals surface area contributed by atoms with Gasteiger partial charge in [-0.25, -0.2) is 4.98 Å². The molecule has 0 aliphatic carbocycles. The van der Waals surface area contributed by atoms with Crippen LogP contribution in [0.3, 0.4) is 0 Å². The average Bonchev–Trinajstić information content (AvgIpc) is 2.95. The topological polar surface area (TPSA) is 64.1 Å². The summed E-state index contributed by atoms with van der Waals surface area (Å²) in [5.74, 6) is 2.36. The van der Waals surface area contributed by atoms with Crippen molar-refractivity contribution in [2.75, 3.05) is 57.3 Å². The van der Waals surface area contributed by atoms with E-state index in [4.69, 9.17) is 4.99 Å². The highest BCUT2D eigenvalue weighted by Crippen LogP contribution is 2.13. The van der Waals surface area contributed by atoms with E-state index in [1.807, 2.05) is 23.2 Å². The molecule has 0 radical (unpaired) electrons. The Hall–Kier alpha value is -2.31. The molecule has 1 N–H and O–H groups in total. The minimum atomic E-state index is 0.319. The maximum absolute atomic E-state index is 12.1. The molecule has 2 aliphatic heterocycles. The summed E-state index contributed by atoms with van der Waals surface area (Å²) in [4.78, 5) is 28.1. The van der Waals surface area contributed by atoms with Crippen LogP contribution in [0.15, 0.2) is 29.4 Å². The first-order chi connectivity index (χ1) is 13.8. The summed E-state index contributed by atoms with van der Waals surface area (Å²) in [6, 6.07) is 6.06. The Morgan fingerprint density at radius 3 is 2.75 bits per heavy atom. The second-order valence-electron chi connectivity index (χ2n) is 7.44. The number of anilines is 1. The van der Waals surface area contributed by atoms with E-state index in [0.29, 0.717) is 12.3 Å². The number of carbonyl (C=O) groups excluding carboxylic acids is 1. The quantitative estimate of drug-likeness (QED) is 0.460. The summed E-state index contributed by atoms with van der Waals surface area (Å²) >= 11 is 0. The van der Waals surface area contributed by atoms with Gasteiger partial charge >= 0.3 is 0 Å². The second-order valence-corrected chi connectivity index (χ2v) is 7.44. The summed E-state index contributed by atoms with van der Waals surface area (Å²) in [6.07, 6.45) is 6.85. The van der Waals surface area contributed by atoms with Crippen molar-refractivity contribution in [2.45, 2.75) is 39.0 Å². The van der Waals surface area contributed by atoms with Crippen LogP contribution in [0.2, 0.25) is 0 Å². The number of nitrogens with zero attached hydrogens (tertiary/aromatic N) is 5. The van der Waals surface area contributed by atoms with E-state index in [-0.39, 0.29) is 0 Å². The molecule has 7 heteroatoms. The van der Waals surface area contributed by atoms with Crippen LogP contribution in [-0.4, -0.2) is 79.0 Å². The third-order valence-electron chi connectivity index (χ3n) is 5.41. The number of rotatable bonds is 6. The fourth-order valence-electron chi connectivity index (χ4n) is 3.84. The van der Waals surface area contributed by atoms with Crippen LogP contribution in [0.4, 0.5) is 5.82 Å². The van der Waals surface area contributed by atoms with Gasteiger partial charge in [0, 0.05) is 65.0 Å². The lowest BCUT2D eigenvalue weighted by molar-refractivity contribution is -0.130. The third kappa shape index (κ3) is 5.84. The molecular formula is C21H34N6O. The second kappa shape index (κ2) is 10.9. The number of nitrogens with one attached hydrogen (secondary N) is 1. The predicted octanol–water partition coefficient (Wildman–Crippen LogP) is 1.96. The number of guanidine groups is 1. The van der Waals surface area contributed by atoms with Crippen molar-refractivity contribution in [2.24, 2.45) is 4.99 Å². The fourth-order valence-corrected chi connectivity index (χ4v) is 3.84. The van der Waals surface area contributed by atoms with E-state index in [1.54, 1.807) is 0 Å². The van der Waals surface area contributed by atoms with Crippen molar-refractivity contribution in [3.05, 3.63) is 24.4 Å². The zero-order chi connectivity index (χ0) is 19.6. The summed E-state index contributed by atoms with van der Waals surface area (Å²) in [5, 5.41) is 3.43. The maximum atomic E-state index is 12.1. The van der Waals surface area contributed by atoms with Gasteiger partial charge in [0.2, 0.25) is 5.91 Å². The van der Waals surface area contributed by atoms with Gasteiger partial charge in [-0.2, -0.15) is 0 Å². The molecule has 0 bridgehead atoms. The molecule has 2 saturated heterocycles. The normalized spacial score (nSPS) is 19.0. The van der Waals surface area contributed by atoms with Gasteiger partial charge in [0.15, 0.2) is 5.96 Å². The Morgan fingerprint density at radius 1 is 1.14 bits per heavy atom. The van der Waals surface area contributed by atoms with Crippen LogP contribution in [-0.2, 0) is 4.79 Å². The lowest BCUT2D eigenvalue weighted by Crippen LogP contribution is -2.52. The van der Waals surface area contributed by atoms with Gasteiger partial charge in [-0.05, 0) is 38.3 Å². The van der Waals surface area contributed by atoms with E-state index >= 15 is 0 Å². The number of piperazine rings is 1. The molecule has 0 spiro atoms. The first-order valence-electron chi connectivity index (χ1n) is 10.7. The number of carbonyl (C=O) groups is 1. The van der Waals surface area contributed by atoms with Gasteiger partial charge in [0.1, 0.15) is 5.82 Å². The number of aliphatic imine (C=N–C) groups is 1. The highest BCUT2D eigenvalue weighted by molar-refractivity contribution is 5.80. The number of likely N-dealkylation sites (tertiary alicyclic amines) is 1. The molecular weight excluding hydrogens is 352 g/mol. The molecule has 2 fully saturated rings. The van der Waals surface area contributed by atoms with E-state index in [2.05, 4.69) is 33.1 Å². The van der Waals surface area contributed by atoms with Gasteiger partial charge in [0.25, 0.3) is 0 Å². The van der Waals surface area contributed by atoms with Crippen LogP contribution in [0.25, 0.3) is 0 Å². The lowest BCUT2D eigenvalue weighted by atomic mass is 10.2. The largest absolute Gasteiger partial charge is 0.357 e. The van der Waals surface area contributed by atoms with Crippen LogP contribution in [0.5, 0.6) is 0 Å². The summed E-state index contributed by atoms with van der Waals surface area (Å²) < 4.78 is 0. The molecule has 0 unspecified atom stereocenters. The van der Waals surface area contributed by atoms with Crippen molar-refractivity contribution >= 4 is 17.7 Å². The Kier molecular flexibility index (Phi) is 7.94. The minimum absolute atomic E-state index is 0.319. The zero-order valence-corrected chi connectivity index (χ0v) is 17.1. The lowest BCUT2D eigenvalue weighted by Gasteiger charge is -2.37. The number of amides is 1. The van der Waals surface area contributed by atoms with E-state index in [0.717, 1.165) is 83.4 Å². The van der Waals surface area contributed by atoms with Crippen LogP contribution in [0, 0.1) is 0 Å². The molecule has 2 aliphatic rings. The zero-order valence-electron chi connectivity index (χ0n) is 17.1. The van der Waals surface area contributed by atoms with Crippen LogP contribution >= 0.6 is 0 Å². The predicted molar refractivity (Wildman–Crippen MR) is 114 cm³/mol. The molecule has 1 aromatic rings. The van der Waals surface area contributed by atoms with Crippen molar-refractivity contribution in [3.63, 3.8) is 0 Å². The summed E-state index contributed by atoms with van der Waals surface area (Å²) in [7, 11) is 0. The van der Waals surface area contributed by atoms with Gasteiger partial charge < -0.3 is 20.0 Å². The van der Waals surface area contributed by atoms with Crippen LogP contribution < -0.4 is 10.2 Å². The molecule has 154 valence electrons. The SMILES string of the molecule is CCNC(=NCCCN1CCCCCC1=O)N1CCN(c2ccccn2)CC1. The molecule has 28 heavy (non-hydrogen) atoms. The Labute approximate surface area is 168 Å². The van der Waals surface area contributed by atoms with Gasteiger partial charge in [-0.3, -0.25) is 9.79 Å². The fraction of sp³-hybridized carbons (Fsp3) is 0.667. The monoisotopic (exact) mass is 386 g/mol. The Balaban J connectivity index is 1.47. The first kappa shape index (κ1) is 20.4. The molecule has 7 nitrogen and oxygen atoms in total. The number of hydrogen-bond donors (Lipinski definition) is 1. The van der Waals surface area contributed by atoms with Crippen LogP contribution in [0.1, 0.15) is 39.0 Å². The van der Waals surface area contributed by atoms with Crippen molar-refractivity contribution in [1.82, 2.24) is 20.1 Å². The molecule has 3 rings (SSSR count). The Bertz CT molecular complexity index is 627. The van der Waals surface area contributed by atoms with Gasteiger partial charge in [-0.1, -0.05) is 12.5 Å². The minimum Gasteiger partial charge on any atom is -0.357 e. The Morgan fingerprint density at radius 2 is 2.00 bits per heavy atom. The smallest absolute Gasteiger partial charge is 0.222 e. The number of hydrogen-bond acceptors (Lipinski definition) is 4. The van der Waals surface area contributed by atoms with E-state index in [1.165, 1.54) is 6.42 Å². The third-order valence-corrected chi connectivity index (χ3v) is 5.41.